The smallest absolute Gasteiger partial charge is 0.0717 e. The third kappa shape index (κ3) is 2.82. The van der Waals surface area contributed by atoms with Gasteiger partial charge in [-0.15, -0.1) is 0 Å². The van der Waals surface area contributed by atoms with Crippen molar-refractivity contribution >= 4 is 0 Å². The maximum atomic E-state index is 9.37. The van der Waals surface area contributed by atoms with Crippen LogP contribution in [0.25, 0.3) is 0 Å². The molecule has 0 saturated carbocycles. The summed E-state index contributed by atoms with van der Waals surface area (Å²) in [6, 6.07) is 10.1. The molecule has 88 valence electrons. The van der Waals surface area contributed by atoms with Crippen molar-refractivity contribution in [3.8, 4) is 0 Å². The van der Waals surface area contributed by atoms with Gasteiger partial charge in [0.2, 0.25) is 0 Å². The zero-order chi connectivity index (χ0) is 11.3. The number of nitrogens with one attached hydrogen (secondary N) is 1. The number of hydrogen-bond donors (Lipinski definition) is 2. The van der Waals surface area contributed by atoms with Gasteiger partial charge in [-0.1, -0.05) is 30.3 Å². The molecule has 2 N–H and O–H groups in total. The molecule has 0 aliphatic carbocycles. The molecule has 3 heteroatoms. The second-order valence-corrected chi connectivity index (χ2v) is 4.45. The molecule has 1 saturated heterocycles. The van der Waals surface area contributed by atoms with Crippen LogP contribution < -0.4 is 5.32 Å². The lowest BCUT2D eigenvalue weighted by Gasteiger charge is -2.26. The van der Waals surface area contributed by atoms with Crippen molar-refractivity contribution in [1.29, 1.82) is 0 Å². The molecule has 1 aromatic carbocycles. The lowest BCUT2D eigenvalue weighted by atomic mass is 10.0. The fourth-order valence-electron chi connectivity index (χ4n) is 2.11. The number of aliphatic hydroxyl groups is 1. The van der Waals surface area contributed by atoms with Crippen LogP contribution in [0.2, 0.25) is 0 Å². The molecule has 3 nitrogen and oxygen atoms in total. The van der Waals surface area contributed by atoms with E-state index in [0.717, 1.165) is 19.4 Å². The van der Waals surface area contributed by atoms with Crippen molar-refractivity contribution in [3.05, 3.63) is 35.9 Å². The molecule has 1 aliphatic heterocycles. The summed E-state index contributed by atoms with van der Waals surface area (Å²) in [5.74, 6) is 0. The van der Waals surface area contributed by atoms with Gasteiger partial charge < -0.3 is 15.2 Å². The van der Waals surface area contributed by atoms with Gasteiger partial charge in [-0.25, -0.2) is 0 Å². The average molecular weight is 221 g/mol. The van der Waals surface area contributed by atoms with Crippen LogP contribution in [0, 0.1) is 0 Å². The SMILES string of the molecule is OCC1(COCc2ccccc2)CCCN1. The predicted octanol–water partition coefficient (Wildman–Crippen LogP) is 1.32. The fraction of sp³-hybridized carbons (Fsp3) is 0.538. The first-order valence-corrected chi connectivity index (χ1v) is 5.82. The van der Waals surface area contributed by atoms with Crippen LogP contribution in [0.3, 0.4) is 0 Å². The molecule has 0 amide bonds. The molecule has 0 radical (unpaired) electrons. The minimum Gasteiger partial charge on any atom is -0.394 e. The van der Waals surface area contributed by atoms with Gasteiger partial charge in [-0.3, -0.25) is 0 Å². The summed E-state index contributed by atoms with van der Waals surface area (Å²) in [5, 5.41) is 12.7. The fourth-order valence-corrected chi connectivity index (χ4v) is 2.11. The summed E-state index contributed by atoms with van der Waals surface area (Å²) in [7, 11) is 0. The van der Waals surface area contributed by atoms with Gasteiger partial charge in [0.1, 0.15) is 0 Å². The standard InChI is InChI=1S/C13H19NO2/c15-10-13(7-4-8-14-13)11-16-9-12-5-2-1-3-6-12/h1-3,5-6,14-15H,4,7-11H2. The normalized spacial score (nSPS) is 24.8. The molecule has 0 aromatic heterocycles. The number of aliphatic hydroxyl groups excluding tert-OH is 1. The molecule has 1 atom stereocenters. The third-order valence-corrected chi connectivity index (χ3v) is 3.12. The van der Waals surface area contributed by atoms with Crippen LogP contribution in [0.5, 0.6) is 0 Å². The van der Waals surface area contributed by atoms with E-state index in [0.29, 0.717) is 13.2 Å². The zero-order valence-corrected chi connectivity index (χ0v) is 9.48. The van der Waals surface area contributed by atoms with E-state index in [9.17, 15) is 5.11 Å². The maximum Gasteiger partial charge on any atom is 0.0717 e. The van der Waals surface area contributed by atoms with Crippen molar-refractivity contribution in [3.63, 3.8) is 0 Å². The summed E-state index contributed by atoms with van der Waals surface area (Å²) in [4.78, 5) is 0. The predicted molar refractivity (Wildman–Crippen MR) is 63.2 cm³/mol. The minimum atomic E-state index is -0.200. The first-order valence-electron chi connectivity index (χ1n) is 5.82. The van der Waals surface area contributed by atoms with Crippen LogP contribution in [0.4, 0.5) is 0 Å². The maximum absolute atomic E-state index is 9.37. The highest BCUT2D eigenvalue weighted by Gasteiger charge is 2.32. The second kappa shape index (κ2) is 5.43. The Balaban J connectivity index is 1.79. The summed E-state index contributed by atoms with van der Waals surface area (Å²) in [6.45, 7) is 2.33. The van der Waals surface area contributed by atoms with Crippen LogP contribution >= 0.6 is 0 Å². The summed E-state index contributed by atoms with van der Waals surface area (Å²) in [5.41, 5.74) is 0.975. The van der Waals surface area contributed by atoms with Crippen LogP contribution in [0.15, 0.2) is 30.3 Å². The molecule has 1 heterocycles. The van der Waals surface area contributed by atoms with E-state index in [-0.39, 0.29) is 12.1 Å². The van der Waals surface area contributed by atoms with Gasteiger partial charge in [-0.05, 0) is 24.9 Å². The molecule has 0 spiro atoms. The van der Waals surface area contributed by atoms with Crippen molar-refractivity contribution in [2.24, 2.45) is 0 Å². The number of ether oxygens (including phenoxy) is 1. The first-order chi connectivity index (χ1) is 7.85. The highest BCUT2D eigenvalue weighted by molar-refractivity contribution is 5.13. The van der Waals surface area contributed by atoms with Gasteiger partial charge in [0, 0.05) is 0 Å². The molecule has 2 rings (SSSR count). The topological polar surface area (TPSA) is 41.5 Å². The van der Waals surface area contributed by atoms with Crippen LogP contribution in [0.1, 0.15) is 18.4 Å². The Morgan fingerprint density at radius 2 is 2.12 bits per heavy atom. The van der Waals surface area contributed by atoms with E-state index in [1.807, 2.05) is 30.3 Å². The van der Waals surface area contributed by atoms with E-state index in [1.54, 1.807) is 0 Å². The quantitative estimate of drug-likeness (QED) is 0.788. The van der Waals surface area contributed by atoms with Crippen molar-refractivity contribution in [2.45, 2.75) is 25.0 Å². The molecule has 16 heavy (non-hydrogen) atoms. The number of benzene rings is 1. The Kier molecular flexibility index (Phi) is 3.93. The van der Waals surface area contributed by atoms with E-state index >= 15 is 0 Å². The molecular formula is C13H19NO2. The lowest BCUT2D eigenvalue weighted by molar-refractivity contribution is 0.0364. The van der Waals surface area contributed by atoms with Gasteiger partial charge >= 0.3 is 0 Å². The average Bonchev–Trinajstić information content (AvgIpc) is 2.80. The van der Waals surface area contributed by atoms with Crippen LogP contribution in [-0.2, 0) is 11.3 Å². The highest BCUT2D eigenvalue weighted by Crippen LogP contribution is 2.19. The third-order valence-electron chi connectivity index (χ3n) is 3.12. The van der Waals surface area contributed by atoms with Crippen molar-refractivity contribution in [1.82, 2.24) is 5.32 Å². The minimum absolute atomic E-state index is 0.155. The van der Waals surface area contributed by atoms with E-state index in [1.165, 1.54) is 5.56 Å². The van der Waals surface area contributed by atoms with Gasteiger partial charge in [-0.2, -0.15) is 0 Å². The Hall–Kier alpha value is -0.900. The van der Waals surface area contributed by atoms with Gasteiger partial charge in [0.25, 0.3) is 0 Å². The Morgan fingerprint density at radius 1 is 1.31 bits per heavy atom. The first kappa shape index (κ1) is 11.6. The molecule has 0 bridgehead atoms. The van der Waals surface area contributed by atoms with Crippen molar-refractivity contribution in [2.75, 3.05) is 19.8 Å². The Bertz CT molecular complexity index is 307. The highest BCUT2D eigenvalue weighted by atomic mass is 16.5. The Labute approximate surface area is 96.4 Å². The van der Waals surface area contributed by atoms with Crippen molar-refractivity contribution < 1.29 is 9.84 Å². The van der Waals surface area contributed by atoms with Gasteiger partial charge in [0.15, 0.2) is 0 Å². The lowest BCUT2D eigenvalue weighted by Crippen LogP contribution is -2.47. The summed E-state index contributed by atoms with van der Waals surface area (Å²) < 4.78 is 5.68. The second-order valence-electron chi connectivity index (χ2n) is 4.45. The number of hydrogen-bond acceptors (Lipinski definition) is 3. The van der Waals surface area contributed by atoms with E-state index in [4.69, 9.17) is 4.74 Å². The van der Waals surface area contributed by atoms with E-state index < -0.39 is 0 Å². The van der Waals surface area contributed by atoms with Gasteiger partial charge in [0.05, 0.1) is 25.4 Å². The summed E-state index contributed by atoms with van der Waals surface area (Å²) in [6.07, 6.45) is 2.12. The molecular weight excluding hydrogens is 202 g/mol. The molecule has 1 unspecified atom stereocenters. The van der Waals surface area contributed by atoms with Crippen LogP contribution in [-0.4, -0.2) is 30.4 Å². The molecule has 1 aromatic rings. The zero-order valence-electron chi connectivity index (χ0n) is 9.48. The van der Waals surface area contributed by atoms with E-state index in [2.05, 4.69) is 5.32 Å². The Morgan fingerprint density at radius 3 is 2.75 bits per heavy atom. The monoisotopic (exact) mass is 221 g/mol. The molecule has 1 fully saturated rings. The largest absolute Gasteiger partial charge is 0.394 e. The molecule has 1 aliphatic rings. The number of rotatable bonds is 5. The summed E-state index contributed by atoms with van der Waals surface area (Å²) >= 11 is 0.